The number of allylic oxidation sites excluding steroid dienone is 2. The first-order valence-corrected chi connectivity index (χ1v) is 12.2. The summed E-state index contributed by atoms with van der Waals surface area (Å²) in [4.78, 5) is 40.7. The first-order chi connectivity index (χ1) is 14.8. The van der Waals surface area contributed by atoms with Crippen LogP contribution in [0, 0.1) is 28.6 Å². The minimum absolute atomic E-state index is 0.0646. The molecular formula is C24H34N2O4S. The zero-order valence-corrected chi connectivity index (χ0v) is 19.5. The zero-order valence-electron chi connectivity index (χ0n) is 18.7. The van der Waals surface area contributed by atoms with E-state index in [1.807, 2.05) is 12.2 Å². The van der Waals surface area contributed by atoms with E-state index < -0.39 is 23.2 Å². The lowest BCUT2D eigenvalue weighted by Crippen LogP contribution is -2.65. The number of rotatable bonds is 6. The molecule has 3 aliphatic carbocycles. The summed E-state index contributed by atoms with van der Waals surface area (Å²) in [5.41, 5.74) is -1.42. The summed E-state index contributed by atoms with van der Waals surface area (Å²) >= 11 is 5.12. The van der Waals surface area contributed by atoms with Gasteiger partial charge in [0.25, 0.3) is 0 Å². The maximum atomic E-state index is 13.3. The maximum Gasteiger partial charge on any atom is 0.307 e. The lowest BCUT2D eigenvalue weighted by Gasteiger charge is -2.48. The van der Waals surface area contributed by atoms with Gasteiger partial charge in [0.05, 0.1) is 13.0 Å². The van der Waals surface area contributed by atoms with Crippen LogP contribution in [0.25, 0.3) is 0 Å². The molecule has 0 radical (unpaired) electrons. The molecule has 0 aromatic heterocycles. The van der Waals surface area contributed by atoms with Gasteiger partial charge >= 0.3 is 5.97 Å². The molecular weight excluding hydrogens is 412 g/mol. The predicted octanol–water partition coefficient (Wildman–Crippen LogP) is 3.74. The van der Waals surface area contributed by atoms with Crippen LogP contribution < -0.4 is 5.32 Å². The van der Waals surface area contributed by atoms with Crippen molar-refractivity contribution in [3.63, 3.8) is 0 Å². The SMILES string of the molecule is CCC1CC2CCCC(COC(=O)CC3(C4C=CCC4)C(=O)NC(=S)N(C)C3=O)(C1)C2. The van der Waals surface area contributed by atoms with Gasteiger partial charge in [0, 0.05) is 18.4 Å². The quantitative estimate of drug-likeness (QED) is 0.291. The van der Waals surface area contributed by atoms with Crippen molar-refractivity contribution in [1.29, 1.82) is 0 Å². The van der Waals surface area contributed by atoms with Crippen molar-refractivity contribution in [2.45, 2.75) is 71.1 Å². The number of amides is 2. The van der Waals surface area contributed by atoms with E-state index in [0.717, 1.165) is 31.6 Å². The standard InChI is InChI=1S/C24H34N2O4S/c1-3-16-11-17-7-6-10-23(12-16,13-17)15-30-19(27)14-24(18-8-4-5-9-18)20(28)25-22(31)26(2)21(24)29/h4,8,16-18H,3,5-7,9-15H2,1-2H3,(H,25,28,31). The summed E-state index contributed by atoms with van der Waals surface area (Å²) in [7, 11) is 1.55. The van der Waals surface area contributed by atoms with E-state index in [4.69, 9.17) is 17.0 Å². The number of carbonyl (C=O) groups is 3. The van der Waals surface area contributed by atoms with E-state index in [9.17, 15) is 14.4 Å². The summed E-state index contributed by atoms with van der Waals surface area (Å²) in [6, 6.07) is 0. The molecule has 170 valence electrons. The first-order valence-electron chi connectivity index (χ1n) is 11.8. The average molecular weight is 447 g/mol. The normalized spacial score (nSPS) is 37.7. The molecule has 0 aromatic rings. The third-order valence-corrected chi connectivity index (χ3v) is 8.61. The van der Waals surface area contributed by atoms with Gasteiger partial charge in [-0.3, -0.25) is 19.3 Å². The lowest BCUT2D eigenvalue weighted by molar-refractivity contribution is -0.165. The fourth-order valence-electron chi connectivity index (χ4n) is 6.59. The van der Waals surface area contributed by atoms with Crippen LogP contribution in [0.15, 0.2) is 12.2 Å². The molecule has 2 saturated carbocycles. The maximum absolute atomic E-state index is 13.3. The number of ether oxygens (including phenoxy) is 1. The number of hydrogen-bond acceptors (Lipinski definition) is 5. The van der Waals surface area contributed by atoms with Crippen LogP contribution in [0.4, 0.5) is 0 Å². The summed E-state index contributed by atoms with van der Waals surface area (Å²) < 4.78 is 5.85. The van der Waals surface area contributed by atoms with Gasteiger partial charge in [0.15, 0.2) is 5.11 Å². The molecule has 1 N–H and O–H groups in total. The molecule has 5 atom stereocenters. The number of nitrogens with one attached hydrogen (secondary N) is 1. The largest absolute Gasteiger partial charge is 0.465 e. The molecule has 7 heteroatoms. The summed E-state index contributed by atoms with van der Waals surface area (Å²) in [5.74, 6) is -0.229. The molecule has 1 heterocycles. The van der Waals surface area contributed by atoms with Gasteiger partial charge in [-0.15, -0.1) is 0 Å². The molecule has 4 aliphatic rings. The van der Waals surface area contributed by atoms with Gasteiger partial charge in [0.2, 0.25) is 11.8 Å². The van der Waals surface area contributed by atoms with Crippen LogP contribution in [-0.2, 0) is 19.1 Å². The smallest absolute Gasteiger partial charge is 0.307 e. The highest BCUT2D eigenvalue weighted by atomic mass is 32.1. The predicted molar refractivity (Wildman–Crippen MR) is 121 cm³/mol. The molecule has 31 heavy (non-hydrogen) atoms. The second kappa shape index (κ2) is 8.64. The molecule has 5 unspecified atom stereocenters. The highest BCUT2D eigenvalue weighted by Gasteiger charge is 2.58. The van der Waals surface area contributed by atoms with Gasteiger partial charge < -0.3 is 10.1 Å². The van der Waals surface area contributed by atoms with Crippen LogP contribution >= 0.6 is 12.2 Å². The molecule has 2 amide bonds. The third-order valence-electron chi connectivity index (χ3n) is 8.23. The first kappa shape index (κ1) is 22.4. The van der Waals surface area contributed by atoms with Crippen molar-refractivity contribution in [2.75, 3.05) is 13.7 Å². The highest BCUT2D eigenvalue weighted by molar-refractivity contribution is 7.80. The molecule has 1 aliphatic heterocycles. The minimum Gasteiger partial charge on any atom is -0.465 e. The van der Waals surface area contributed by atoms with Crippen LogP contribution in [0.2, 0.25) is 0 Å². The Morgan fingerprint density at radius 2 is 2.13 bits per heavy atom. The number of hydrogen-bond donors (Lipinski definition) is 1. The van der Waals surface area contributed by atoms with E-state index in [-0.39, 0.29) is 22.9 Å². The van der Waals surface area contributed by atoms with Crippen molar-refractivity contribution in [3.8, 4) is 0 Å². The van der Waals surface area contributed by atoms with Crippen molar-refractivity contribution in [2.24, 2.45) is 28.6 Å². The topological polar surface area (TPSA) is 75.7 Å². The Bertz CT molecular complexity index is 811. The number of thiocarbonyl (C=S) groups is 1. The molecule has 0 spiro atoms. The van der Waals surface area contributed by atoms with Crippen molar-refractivity contribution >= 4 is 35.1 Å². The number of carbonyl (C=O) groups excluding carboxylic acids is 3. The Morgan fingerprint density at radius 3 is 2.84 bits per heavy atom. The summed E-state index contributed by atoms with van der Waals surface area (Å²) in [5, 5.41) is 2.73. The number of fused-ring (bicyclic) bond motifs is 2. The van der Waals surface area contributed by atoms with E-state index in [2.05, 4.69) is 12.2 Å². The van der Waals surface area contributed by atoms with Crippen LogP contribution in [0.3, 0.4) is 0 Å². The Labute approximate surface area is 190 Å². The van der Waals surface area contributed by atoms with Crippen molar-refractivity contribution in [3.05, 3.63) is 12.2 Å². The van der Waals surface area contributed by atoms with E-state index >= 15 is 0 Å². The van der Waals surface area contributed by atoms with Crippen molar-refractivity contribution in [1.82, 2.24) is 10.2 Å². The van der Waals surface area contributed by atoms with Gasteiger partial charge in [-0.2, -0.15) is 0 Å². The number of esters is 1. The molecule has 4 rings (SSSR count). The lowest BCUT2D eigenvalue weighted by atomic mass is 9.59. The Balaban J connectivity index is 1.50. The van der Waals surface area contributed by atoms with Gasteiger partial charge in [0.1, 0.15) is 5.41 Å². The van der Waals surface area contributed by atoms with E-state index in [1.54, 1.807) is 7.05 Å². The van der Waals surface area contributed by atoms with Gasteiger partial charge in [-0.05, 0) is 62.6 Å². The zero-order chi connectivity index (χ0) is 22.2. The van der Waals surface area contributed by atoms with E-state index in [1.165, 1.54) is 30.6 Å². The summed E-state index contributed by atoms with van der Waals surface area (Å²) in [6.07, 6.45) is 13.4. The van der Waals surface area contributed by atoms with Crippen LogP contribution in [-0.4, -0.2) is 41.5 Å². The van der Waals surface area contributed by atoms with E-state index in [0.29, 0.717) is 18.9 Å². The summed E-state index contributed by atoms with van der Waals surface area (Å²) in [6.45, 7) is 2.65. The van der Waals surface area contributed by atoms with Crippen molar-refractivity contribution < 1.29 is 19.1 Å². The fraction of sp³-hybridized carbons (Fsp3) is 0.750. The number of nitrogens with zero attached hydrogens (tertiary/aromatic N) is 1. The molecule has 6 nitrogen and oxygen atoms in total. The molecule has 3 fully saturated rings. The second-order valence-corrected chi connectivity index (χ2v) is 10.6. The molecule has 1 saturated heterocycles. The van der Waals surface area contributed by atoms with Gasteiger partial charge in [-0.1, -0.05) is 38.3 Å². The Morgan fingerprint density at radius 1 is 1.32 bits per heavy atom. The Kier molecular flexibility index (Phi) is 6.25. The molecule has 0 aromatic carbocycles. The second-order valence-electron chi connectivity index (χ2n) is 10.2. The molecule has 2 bridgehead atoms. The minimum atomic E-state index is -1.48. The fourth-order valence-corrected chi connectivity index (χ4v) is 6.76. The monoisotopic (exact) mass is 446 g/mol. The third kappa shape index (κ3) is 4.06. The Hall–Kier alpha value is -1.76. The highest BCUT2D eigenvalue weighted by Crippen LogP contribution is 2.52. The van der Waals surface area contributed by atoms with Gasteiger partial charge in [-0.25, -0.2) is 0 Å². The average Bonchev–Trinajstić information content (AvgIpc) is 3.29. The van der Waals surface area contributed by atoms with Crippen LogP contribution in [0.5, 0.6) is 0 Å². The van der Waals surface area contributed by atoms with Crippen LogP contribution in [0.1, 0.15) is 71.1 Å².